The lowest BCUT2D eigenvalue weighted by Gasteiger charge is -2.40. The predicted molar refractivity (Wildman–Crippen MR) is 228 cm³/mol. The minimum absolute atomic E-state index is 0.386. The molecule has 9 aromatic carbocycles. The SMILES string of the molecule is c1ccc(N(c2ccc(-c3cc4c5c(cccc5c3)C3(c5ccccc5-c5ccccc53)c3ccccc3-4)cc2)c2cccc3c2oc2ccccc23)cc1. The number of nitrogens with zero attached hydrogens (tertiary/aromatic N) is 1. The molecule has 0 N–H and O–H groups in total. The van der Waals surface area contributed by atoms with Crippen LogP contribution in [0.5, 0.6) is 0 Å². The zero-order valence-electron chi connectivity index (χ0n) is 29.9. The first-order valence-corrected chi connectivity index (χ1v) is 19.0. The van der Waals surface area contributed by atoms with Crippen LogP contribution in [0.2, 0.25) is 0 Å². The van der Waals surface area contributed by atoms with E-state index in [-0.39, 0.29) is 5.41 Å². The van der Waals surface area contributed by atoms with Gasteiger partial charge in [-0.2, -0.15) is 0 Å². The van der Waals surface area contributed by atoms with E-state index in [1.165, 1.54) is 66.4 Å². The summed E-state index contributed by atoms with van der Waals surface area (Å²) in [5, 5.41) is 4.83. The van der Waals surface area contributed by atoms with Gasteiger partial charge in [0, 0.05) is 22.1 Å². The number of anilines is 3. The summed E-state index contributed by atoms with van der Waals surface area (Å²) in [7, 11) is 0. The molecule has 0 atom stereocenters. The monoisotopic (exact) mass is 699 g/mol. The third kappa shape index (κ3) is 4.14. The van der Waals surface area contributed by atoms with Crippen molar-refractivity contribution in [2.24, 2.45) is 0 Å². The van der Waals surface area contributed by atoms with Gasteiger partial charge in [-0.3, -0.25) is 0 Å². The average Bonchev–Trinajstić information content (AvgIpc) is 3.78. The Morgan fingerprint density at radius 3 is 1.67 bits per heavy atom. The molecule has 2 heteroatoms. The highest BCUT2D eigenvalue weighted by Crippen LogP contribution is 2.62. The standard InChI is InChI=1S/C53H33NO/c1-2-15-37(16-3-1)54(49-26-13-21-43-42-20-7-11-27-50(42)55-52(43)49)38-30-28-34(29-31-38)36-32-35-14-12-25-48-51(35)44(33-36)41-19-6-10-24-47(41)53(48)45-22-8-4-17-39(45)40-18-5-9-23-46(40)53/h1-33H. The van der Waals surface area contributed by atoms with Gasteiger partial charge < -0.3 is 9.32 Å². The summed E-state index contributed by atoms with van der Waals surface area (Å²) in [6.07, 6.45) is 0. The molecule has 1 aromatic heterocycles. The largest absolute Gasteiger partial charge is 0.454 e. The fourth-order valence-electron chi connectivity index (χ4n) is 9.84. The molecule has 0 bridgehead atoms. The normalized spacial score (nSPS) is 13.2. The molecule has 0 amide bonds. The van der Waals surface area contributed by atoms with E-state index in [1.807, 2.05) is 12.1 Å². The van der Waals surface area contributed by atoms with Gasteiger partial charge in [-0.25, -0.2) is 0 Å². The van der Waals surface area contributed by atoms with E-state index in [9.17, 15) is 0 Å². The maximum Gasteiger partial charge on any atom is 0.159 e. The molecule has 12 rings (SSSR count). The number of hydrogen-bond acceptors (Lipinski definition) is 2. The van der Waals surface area contributed by atoms with Crippen molar-refractivity contribution >= 4 is 49.8 Å². The zero-order chi connectivity index (χ0) is 36.1. The van der Waals surface area contributed by atoms with E-state index < -0.39 is 0 Å². The molecular formula is C53H33NO. The van der Waals surface area contributed by atoms with Crippen molar-refractivity contribution in [3.63, 3.8) is 0 Å². The number of furan rings is 1. The van der Waals surface area contributed by atoms with Crippen molar-refractivity contribution in [1.82, 2.24) is 0 Å². The van der Waals surface area contributed by atoms with Crippen LogP contribution in [0, 0.1) is 0 Å². The molecule has 0 saturated heterocycles. The minimum atomic E-state index is -0.386. The molecule has 2 aliphatic carbocycles. The Kier molecular flexibility index (Phi) is 6.29. The number of rotatable bonds is 4. The Labute approximate surface area is 319 Å². The van der Waals surface area contributed by atoms with Crippen LogP contribution < -0.4 is 4.90 Å². The Hall–Kier alpha value is -7.16. The molecular weight excluding hydrogens is 667 g/mol. The highest BCUT2D eigenvalue weighted by molar-refractivity contribution is 6.11. The second-order valence-corrected chi connectivity index (χ2v) is 14.8. The summed E-state index contributed by atoms with van der Waals surface area (Å²) >= 11 is 0. The molecule has 0 radical (unpaired) electrons. The minimum Gasteiger partial charge on any atom is -0.454 e. The molecule has 55 heavy (non-hydrogen) atoms. The van der Waals surface area contributed by atoms with E-state index >= 15 is 0 Å². The molecule has 10 aromatic rings. The number of para-hydroxylation sites is 3. The highest BCUT2D eigenvalue weighted by atomic mass is 16.3. The van der Waals surface area contributed by atoms with Crippen LogP contribution in [0.1, 0.15) is 22.3 Å². The van der Waals surface area contributed by atoms with E-state index in [0.717, 1.165) is 39.0 Å². The van der Waals surface area contributed by atoms with Gasteiger partial charge in [0.1, 0.15) is 5.58 Å². The lowest BCUT2D eigenvalue weighted by molar-refractivity contribution is 0.669. The second-order valence-electron chi connectivity index (χ2n) is 14.8. The predicted octanol–water partition coefficient (Wildman–Crippen LogP) is 14.2. The van der Waals surface area contributed by atoms with Gasteiger partial charge in [0.15, 0.2) is 5.58 Å². The van der Waals surface area contributed by atoms with Gasteiger partial charge in [-0.15, -0.1) is 0 Å². The van der Waals surface area contributed by atoms with Gasteiger partial charge in [0.25, 0.3) is 0 Å². The van der Waals surface area contributed by atoms with E-state index in [4.69, 9.17) is 4.42 Å². The van der Waals surface area contributed by atoms with Crippen molar-refractivity contribution in [3.8, 4) is 33.4 Å². The van der Waals surface area contributed by atoms with Gasteiger partial charge in [-0.05, 0) is 115 Å². The van der Waals surface area contributed by atoms with Crippen molar-refractivity contribution in [2.45, 2.75) is 5.41 Å². The van der Waals surface area contributed by atoms with Gasteiger partial charge in [-0.1, -0.05) is 152 Å². The van der Waals surface area contributed by atoms with Crippen molar-refractivity contribution < 1.29 is 4.42 Å². The van der Waals surface area contributed by atoms with Gasteiger partial charge >= 0.3 is 0 Å². The smallest absolute Gasteiger partial charge is 0.159 e. The average molecular weight is 700 g/mol. The first-order valence-electron chi connectivity index (χ1n) is 19.0. The fraction of sp³-hybridized carbons (Fsp3) is 0.0189. The van der Waals surface area contributed by atoms with Crippen LogP contribution in [0.4, 0.5) is 17.1 Å². The lowest BCUT2D eigenvalue weighted by atomic mass is 9.61. The third-order valence-corrected chi connectivity index (χ3v) is 12.1. The van der Waals surface area contributed by atoms with Crippen molar-refractivity contribution in [2.75, 3.05) is 4.90 Å². The van der Waals surface area contributed by atoms with Crippen LogP contribution in [0.3, 0.4) is 0 Å². The van der Waals surface area contributed by atoms with Crippen molar-refractivity contribution in [1.29, 1.82) is 0 Å². The van der Waals surface area contributed by atoms with Crippen molar-refractivity contribution in [3.05, 3.63) is 222 Å². The Morgan fingerprint density at radius 2 is 0.945 bits per heavy atom. The van der Waals surface area contributed by atoms with Crippen LogP contribution in [0.25, 0.3) is 66.1 Å². The summed E-state index contributed by atoms with van der Waals surface area (Å²) in [4.78, 5) is 2.30. The van der Waals surface area contributed by atoms with Gasteiger partial charge in [0.2, 0.25) is 0 Å². The molecule has 256 valence electrons. The molecule has 1 heterocycles. The maximum absolute atomic E-state index is 6.54. The first kappa shape index (κ1) is 30.3. The molecule has 1 spiro atoms. The van der Waals surface area contributed by atoms with E-state index in [1.54, 1.807) is 0 Å². The second kappa shape index (κ2) is 11.4. The molecule has 0 fully saturated rings. The number of benzene rings is 9. The molecule has 2 aliphatic rings. The molecule has 0 unspecified atom stereocenters. The first-order chi connectivity index (χ1) is 27.3. The summed E-state index contributed by atoms with van der Waals surface area (Å²) in [6, 6.07) is 73.2. The third-order valence-electron chi connectivity index (χ3n) is 12.1. The Bertz CT molecular complexity index is 3110. The maximum atomic E-state index is 6.54. The fourth-order valence-corrected chi connectivity index (χ4v) is 9.84. The zero-order valence-corrected chi connectivity index (χ0v) is 29.9. The van der Waals surface area contributed by atoms with Crippen LogP contribution in [0.15, 0.2) is 205 Å². The number of hydrogen-bond donors (Lipinski definition) is 0. The summed E-state index contributed by atoms with van der Waals surface area (Å²) in [5.74, 6) is 0. The van der Waals surface area contributed by atoms with Gasteiger partial charge in [0.05, 0.1) is 11.1 Å². The van der Waals surface area contributed by atoms with E-state index in [0.29, 0.717) is 0 Å². The summed E-state index contributed by atoms with van der Waals surface area (Å²) in [5.41, 5.74) is 17.6. The van der Waals surface area contributed by atoms with Crippen LogP contribution in [-0.4, -0.2) is 0 Å². The molecule has 2 nitrogen and oxygen atoms in total. The Morgan fingerprint density at radius 1 is 0.382 bits per heavy atom. The summed E-state index contributed by atoms with van der Waals surface area (Å²) < 4.78 is 6.54. The quantitative estimate of drug-likeness (QED) is 0.182. The lowest BCUT2D eigenvalue weighted by Crippen LogP contribution is -2.31. The highest BCUT2D eigenvalue weighted by Gasteiger charge is 2.49. The van der Waals surface area contributed by atoms with Crippen LogP contribution >= 0.6 is 0 Å². The summed E-state index contributed by atoms with van der Waals surface area (Å²) in [6.45, 7) is 0. The molecule has 0 saturated carbocycles. The molecule has 0 aliphatic heterocycles. The van der Waals surface area contributed by atoms with Crippen LogP contribution in [-0.2, 0) is 5.41 Å². The topological polar surface area (TPSA) is 16.4 Å². The number of fused-ring (bicyclic) bond motifs is 12. The Balaban J connectivity index is 1.03. The van der Waals surface area contributed by atoms with E-state index in [2.05, 4.69) is 193 Å².